The van der Waals surface area contributed by atoms with E-state index in [0.717, 1.165) is 23.8 Å². The van der Waals surface area contributed by atoms with Gasteiger partial charge in [0.1, 0.15) is 0 Å². The highest BCUT2D eigenvalue weighted by molar-refractivity contribution is 4.84. The lowest BCUT2D eigenvalue weighted by Crippen LogP contribution is -2.39. The van der Waals surface area contributed by atoms with Crippen LogP contribution in [0.3, 0.4) is 0 Å². The molecule has 1 aliphatic carbocycles. The van der Waals surface area contributed by atoms with Crippen LogP contribution >= 0.6 is 0 Å². The zero-order valence-electron chi connectivity index (χ0n) is 12.5. The number of rotatable bonds is 7. The van der Waals surface area contributed by atoms with Crippen LogP contribution in [0.25, 0.3) is 0 Å². The molecule has 17 heavy (non-hydrogen) atoms. The van der Waals surface area contributed by atoms with Gasteiger partial charge in [-0.3, -0.25) is 0 Å². The zero-order valence-corrected chi connectivity index (χ0v) is 12.5. The Morgan fingerprint density at radius 3 is 2.53 bits per heavy atom. The predicted octanol–water partition coefficient (Wildman–Crippen LogP) is 4.62. The van der Waals surface area contributed by atoms with E-state index in [1.165, 1.54) is 51.4 Å². The second-order valence-electron chi connectivity index (χ2n) is 6.25. The number of nitrogens with one attached hydrogen (secondary N) is 1. The van der Waals surface area contributed by atoms with Gasteiger partial charge in [-0.1, -0.05) is 46.5 Å². The van der Waals surface area contributed by atoms with Crippen LogP contribution in [-0.2, 0) is 0 Å². The van der Waals surface area contributed by atoms with Crippen LogP contribution in [-0.4, -0.2) is 13.1 Å². The minimum absolute atomic E-state index is 0.794. The molecule has 102 valence electrons. The Hall–Kier alpha value is -0.0400. The predicted molar refractivity (Wildman–Crippen MR) is 77.3 cm³/mol. The molecule has 0 spiro atoms. The molecule has 1 nitrogen and oxygen atoms in total. The van der Waals surface area contributed by atoms with Crippen LogP contribution in [0.15, 0.2) is 0 Å². The molecule has 0 heterocycles. The van der Waals surface area contributed by atoms with E-state index in [2.05, 4.69) is 33.1 Å². The topological polar surface area (TPSA) is 12.0 Å². The number of hydrogen-bond donors (Lipinski definition) is 1. The Labute approximate surface area is 109 Å². The van der Waals surface area contributed by atoms with Crippen molar-refractivity contribution < 1.29 is 0 Å². The van der Waals surface area contributed by atoms with Crippen LogP contribution in [0.5, 0.6) is 0 Å². The van der Waals surface area contributed by atoms with Crippen LogP contribution in [0.2, 0.25) is 0 Å². The maximum atomic E-state index is 3.56. The molecule has 1 heteroatoms. The van der Waals surface area contributed by atoms with Gasteiger partial charge in [0.15, 0.2) is 0 Å². The highest BCUT2D eigenvalue weighted by atomic mass is 14.9. The third-order valence-electron chi connectivity index (χ3n) is 4.65. The molecule has 0 radical (unpaired) electrons. The molecule has 1 aliphatic rings. The highest BCUT2D eigenvalue weighted by Crippen LogP contribution is 2.36. The molecule has 1 fully saturated rings. The second kappa shape index (κ2) is 8.13. The molecule has 0 aromatic carbocycles. The third-order valence-corrected chi connectivity index (χ3v) is 4.65. The van der Waals surface area contributed by atoms with Gasteiger partial charge in [-0.25, -0.2) is 0 Å². The highest BCUT2D eigenvalue weighted by Gasteiger charge is 2.29. The largest absolute Gasteiger partial charge is 0.317 e. The smallest absolute Gasteiger partial charge is 0.00926 e. The first kappa shape index (κ1) is 15.0. The van der Waals surface area contributed by atoms with E-state index in [-0.39, 0.29) is 0 Å². The summed E-state index contributed by atoms with van der Waals surface area (Å²) in [4.78, 5) is 0. The SMILES string of the molecule is CCCC(C)CC1CC(CCC)CCC1NC. The van der Waals surface area contributed by atoms with E-state index in [1.54, 1.807) is 0 Å². The minimum Gasteiger partial charge on any atom is -0.317 e. The third kappa shape index (κ3) is 4.99. The molecule has 0 saturated heterocycles. The van der Waals surface area contributed by atoms with E-state index in [4.69, 9.17) is 0 Å². The maximum absolute atomic E-state index is 3.56. The maximum Gasteiger partial charge on any atom is 0.00926 e. The van der Waals surface area contributed by atoms with E-state index in [1.807, 2.05) is 0 Å². The average molecular weight is 239 g/mol. The molecule has 4 unspecified atom stereocenters. The summed E-state index contributed by atoms with van der Waals surface area (Å²) < 4.78 is 0. The standard InChI is InChI=1S/C16H33N/c1-5-7-13(3)11-15-12-14(8-6-2)9-10-16(15)17-4/h13-17H,5-12H2,1-4H3. The molecule has 0 aromatic rings. The van der Waals surface area contributed by atoms with Gasteiger partial charge in [-0.05, 0) is 50.5 Å². The first-order valence-electron chi connectivity index (χ1n) is 7.88. The summed E-state index contributed by atoms with van der Waals surface area (Å²) in [6.45, 7) is 7.09. The Bertz CT molecular complexity index is 188. The van der Waals surface area contributed by atoms with Crippen LogP contribution in [0.1, 0.15) is 72.1 Å². The van der Waals surface area contributed by atoms with Crippen LogP contribution in [0.4, 0.5) is 0 Å². The summed E-state index contributed by atoms with van der Waals surface area (Å²) in [5.74, 6) is 2.87. The Balaban J connectivity index is 2.44. The van der Waals surface area contributed by atoms with Crippen molar-refractivity contribution in [1.82, 2.24) is 5.32 Å². The van der Waals surface area contributed by atoms with Gasteiger partial charge in [0.25, 0.3) is 0 Å². The quantitative estimate of drug-likeness (QED) is 0.683. The van der Waals surface area contributed by atoms with Gasteiger partial charge < -0.3 is 5.32 Å². The first-order chi connectivity index (χ1) is 8.21. The zero-order chi connectivity index (χ0) is 12.7. The van der Waals surface area contributed by atoms with Crippen molar-refractivity contribution in [2.45, 2.75) is 78.2 Å². The molecular weight excluding hydrogens is 206 g/mol. The van der Waals surface area contributed by atoms with Gasteiger partial charge in [-0.2, -0.15) is 0 Å². The molecule has 1 saturated carbocycles. The van der Waals surface area contributed by atoms with Gasteiger partial charge in [0, 0.05) is 6.04 Å². The van der Waals surface area contributed by atoms with E-state index in [9.17, 15) is 0 Å². The van der Waals surface area contributed by atoms with Crippen molar-refractivity contribution in [3.63, 3.8) is 0 Å². The summed E-state index contributed by atoms with van der Waals surface area (Å²) >= 11 is 0. The molecule has 0 bridgehead atoms. The van der Waals surface area contributed by atoms with Gasteiger partial charge in [0.05, 0.1) is 0 Å². The number of hydrogen-bond acceptors (Lipinski definition) is 1. The average Bonchev–Trinajstić information content (AvgIpc) is 2.30. The van der Waals surface area contributed by atoms with Gasteiger partial charge >= 0.3 is 0 Å². The summed E-state index contributed by atoms with van der Waals surface area (Å²) in [5, 5.41) is 3.56. The summed E-state index contributed by atoms with van der Waals surface area (Å²) in [6.07, 6.45) is 11.4. The summed E-state index contributed by atoms with van der Waals surface area (Å²) in [6, 6.07) is 0.794. The van der Waals surface area contributed by atoms with Crippen LogP contribution in [0, 0.1) is 17.8 Å². The van der Waals surface area contributed by atoms with Gasteiger partial charge in [-0.15, -0.1) is 0 Å². The fraction of sp³-hybridized carbons (Fsp3) is 1.00. The van der Waals surface area contributed by atoms with Crippen molar-refractivity contribution >= 4 is 0 Å². The monoisotopic (exact) mass is 239 g/mol. The fourth-order valence-electron chi connectivity index (χ4n) is 3.80. The lowest BCUT2D eigenvalue weighted by atomic mass is 9.73. The van der Waals surface area contributed by atoms with Crippen molar-refractivity contribution in [2.75, 3.05) is 7.05 Å². The Morgan fingerprint density at radius 2 is 1.94 bits per heavy atom. The minimum atomic E-state index is 0.794. The van der Waals surface area contributed by atoms with E-state index in [0.29, 0.717) is 0 Å². The van der Waals surface area contributed by atoms with Crippen molar-refractivity contribution in [3.8, 4) is 0 Å². The summed E-state index contributed by atoms with van der Waals surface area (Å²) in [5.41, 5.74) is 0. The van der Waals surface area contributed by atoms with Crippen molar-refractivity contribution in [2.24, 2.45) is 17.8 Å². The first-order valence-corrected chi connectivity index (χ1v) is 7.88. The molecule has 0 aliphatic heterocycles. The molecule has 1 N–H and O–H groups in total. The lowest BCUT2D eigenvalue weighted by Gasteiger charge is -2.37. The molecule has 1 rings (SSSR count). The van der Waals surface area contributed by atoms with E-state index < -0.39 is 0 Å². The second-order valence-corrected chi connectivity index (χ2v) is 6.25. The van der Waals surface area contributed by atoms with Crippen molar-refractivity contribution in [3.05, 3.63) is 0 Å². The normalized spacial score (nSPS) is 31.4. The Morgan fingerprint density at radius 1 is 1.18 bits per heavy atom. The molecule has 4 atom stereocenters. The molecule has 0 amide bonds. The summed E-state index contributed by atoms with van der Waals surface area (Å²) in [7, 11) is 2.16. The van der Waals surface area contributed by atoms with Crippen molar-refractivity contribution in [1.29, 1.82) is 0 Å². The van der Waals surface area contributed by atoms with E-state index >= 15 is 0 Å². The van der Waals surface area contributed by atoms with Crippen LogP contribution < -0.4 is 5.32 Å². The van der Waals surface area contributed by atoms with Gasteiger partial charge in [0.2, 0.25) is 0 Å². The Kier molecular flexibility index (Phi) is 7.18. The fourth-order valence-corrected chi connectivity index (χ4v) is 3.80. The molecular formula is C16H33N. The lowest BCUT2D eigenvalue weighted by molar-refractivity contribution is 0.172. The molecule has 0 aromatic heterocycles.